The van der Waals surface area contributed by atoms with Gasteiger partial charge in [-0.3, -0.25) is 9.59 Å². The number of hydrogen-bond acceptors (Lipinski definition) is 8. The largest absolute Gasteiger partial charge is 2.00 e. The second kappa shape index (κ2) is 16.3. The topological polar surface area (TPSA) is 258 Å². The van der Waals surface area contributed by atoms with E-state index in [1.165, 1.54) is 0 Å². The van der Waals surface area contributed by atoms with E-state index in [2.05, 4.69) is 0 Å². The van der Waals surface area contributed by atoms with Gasteiger partial charge in [0.1, 0.15) is 12.2 Å². The molecule has 0 saturated carbocycles. The zero-order valence-corrected chi connectivity index (χ0v) is 11.1. The molecule has 0 rings (SSSR count). The van der Waals surface area contributed by atoms with Crippen molar-refractivity contribution in [1.29, 1.82) is 0 Å². The number of rotatable bonds is 6. The maximum absolute atomic E-state index is 9.66. The summed E-state index contributed by atoms with van der Waals surface area (Å²) in [6, 6.07) is 0. The van der Waals surface area contributed by atoms with Crippen molar-refractivity contribution in [3.8, 4) is 0 Å². The molecule has 0 spiro atoms. The van der Waals surface area contributed by atoms with Crippen LogP contribution < -0.4 is 10.2 Å². The molecule has 12 nitrogen and oxygen atoms in total. The van der Waals surface area contributed by atoms with Gasteiger partial charge in [0.25, 0.3) is 0 Å². The van der Waals surface area contributed by atoms with E-state index in [0.717, 1.165) is 0 Å². The van der Waals surface area contributed by atoms with Gasteiger partial charge in [0.15, 0.2) is 0 Å². The van der Waals surface area contributed by atoms with Crippen LogP contribution in [-0.2, 0) is 35.7 Å². The summed E-state index contributed by atoms with van der Waals surface area (Å²) in [7, 11) is 0. The number of carboxylic acids is 4. The van der Waals surface area contributed by atoms with Crippen LogP contribution in [0.4, 0.5) is 0 Å². The summed E-state index contributed by atoms with van der Waals surface area (Å²) in [6.45, 7) is 0. The summed E-state index contributed by atoms with van der Waals surface area (Å²) in [4.78, 5) is 38.5. The molecule has 0 aliphatic carbocycles. The van der Waals surface area contributed by atoms with Crippen LogP contribution in [0.25, 0.3) is 0 Å². The maximum Gasteiger partial charge on any atom is 2.00 e. The molecule has 0 aliphatic rings. The first-order valence-corrected chi connectivity index (χ1v) is 4.29. The van der Waals surface area contributed by atoms with Crippen LogP contribution in [0.5, 0.6) is 0 Å². The molecule has 0 radical (unpaired) electrons. The molecule has 0 unspecified atom stereocenters. The third kappa shape index (κ3) is 23.7. The Morgan fingerprint density at radius 1 is 0.762 bits per heavy atom. The molecular weight excluding hydrogens is 347 g/mol. The molecule has 0 heterocycles. The number of aliphatic hydroxyl groups is 2. The minimum Gasteiger partial charge on any atom is -0.547 e. The van der Waals surface area contributed by atoms with Crippen LogP contribution in [0.1, 0.15) is 12.8 Å². The standard InChI is InChI=1S/2C4H6O5.Ni.2H2O/c2*5-2(4(8)9)1-3(6)7;;;/h2*2,5H,1H2,(H,6,7)(H,8,9);;2*1H2/q;;+2;;/p-2/t2*2-;;;/m10.../s1. The average molecular weight is 361 g/mol. The molecule has 13 heteroatoms. The Balaban J connectivity index is -0.0000000711. The van der Waals surface area contributed by atoms with E-state index < -0.39 is 48.9 Å². The van der Waals surface area contributed by atoms with Gasteiger partial charge in [-0.05, 0) is 0 Å². The second-order valence-corrected chi connectivity index (χ2v) is 2.87. The number of carbonyl (C=O) groups excluding carboxylic acids is 2. The molecule has 21 heavy (non-hydrogen) atoms. The Hall–Kier alpha value is -1.79. The fourth-order valence-electron chi connectivity index (χ4n) is 0.497. The summed E-state index contributed by atoms with van der Waals surface area (Å²) in [5.41, 5.74) is 0. The molecule has 8 N–H and O–H groups in total. The van der Waals surface area contributed by atoms with Crippen molar-refractivity contribution in [3.63, 3.8) is 0 Å². The molecule has 0 saturated heterocycles. The number of hydrogen-bond donors (Lipinski definition) is 4. The first-order valence-electron chi connectivity index (χ1n) is 4.29. The number of aliphatic hydroxyl groups excluding tert-OH is 2. The van der Waals surface area contributed by atoms with Gasteiger partial charge in [0.2, 0.25) is 0 Å². The molecule has 128 valence electrons. The Kier molecular flexibility index (Phi) is 24.4. The summed E-state index contributed by atoms with van der Waals surface area (Å²) >= 11 is 0. The summed E-state index contributed by atoms with van der Waals surface area (Å²) in [5.74, 6) is -6.27. The normalized spacial score (nSPS) is 10.8. The zero-order chi connectivity index (χ0) is 14.9. The van der Waals surface area contributed by atoms with Gasteiger partial charge >= 0.3 is 28.4 Å². The molecule has 0 bridgehead atoms. The van der Waals surface area contributed by atoms with Crippen molar-refractivity contribution in [3.05, 3.63) is 0 Å². The Morgan fingerprint density at radius 2 is 0.952 bits per heavy atom. The molecule has 0 aromatic carbocycles. The van der Waals surface area contributed by atoms with E-state index in [0.29, 0.717) is 0 Å². The second-order valence-electron chi connectivity index (χ2n) is 2.87. The predicted octanol–water partition coefficient (Wildman–Crippen LogP) is -6.51. The molecule has 0 fully saturated rings. The fourth-order valence-corrected chi connectivity index (χ4v) is 0.497. The van der Waals surface area contributed by atoms with Gasteiger partial charge in [0.05, 0.1) is 24.8 Å². The van der Waals surface area contributed by atoms with Crippen molar-refractivity contribution >= 4 is 23.9 Å². The molecule has 2 atom stereocenters. The number of aliphatic carboxylic acids is 4. The van der Waals surface area contributed by atoms with Gasteiger partial charge in [-0.15, -0.1) is 0 Å². The van der Waals surface area contributed by atoms with Crippen LogP contribution >= 0.6 is 0 Å². The first-order chi connectivity index (χ1) is 8.07. The predicted molar refractivity (Wildman–Crippen MR) is 53.8 cm³/mol. The Labute approximate surface area is 127 Å². The van der Waals surface area contributed by atoms with Crippen LogP contribution in [0.3, 0.4) is 0 Å². The third-order valence-corrected chi connectivity index (χ3v) is 1.28. The fraction of sp³-hybridized carbons (Fsp3) is 0.500. The smallest absolute Gasteiger partial charge is 0.547 e. The molecule has 0 aliphatic heterocycles. The number of carbonyl (C=O) groups is 4. The van der Waals surface area contributed by atoms with Gasteiger partial charge < -0.3 is 51.2 Å². The Morgan fingerprint density at radius 3 is 1.00 bits per heavy atom. The number of carboxylic acid groups (broad SMARTS) is 4. The first kappa shape index (κ1) is 31.5. The molecule has 0 aromatic heterocycles. The van der Waals surface area contributed by atoms with Gasteiger partial charge in [-0.25, -0.2) is 0 Å². The minimum absolute atomic E-state index is 0. The van der Waals surface area contributed by atoms with Crippen LogP contribution in [0.2, 0.25) is 0 Å². The molecular formula is C8H14NiO12. The van der Waals surface area contributed by atoms with Crippen molar-refractivity contribution in [2.75, 3.05) is 0 Å². The van der Waals surface area contributed by atoms with Crippen LogP contribution in [0.15, 0.2) is 0 Å². The SMILES string of the molecule is O.O.O=C(O)C[C@@H](O)C(=O)[O-].O=C(O)C[C@H](O)C(=O)[O-].[Ni+2]. The van der Waals surface area contributed by atoms with Crippen molar-refractivity contribution in [1.82, 2.24) is 0 Å². The van der Waals surface area contributed by atoms with Crippen molar-refractivity contribution < 1.29 is 77.3 Å². The zero-order valence-electron chi connectivity index (χ0n) is 10.1. The van der Waals surface area contributed by atoms with E-state index in [1.807, 2.05) is 0 Å². The third-order valence-electron chi connectivity index (χ3n) is 1.28. The summed E-state index contributed by atoms with van der Waals surface area (Å²) in [5, 5.41) is 51.5. The van der Waals surface area contributed by atoms with Crippen LogP contribution in [0, 0.1) is 0 Å². The molecule has 0 aromatic rings. The van der Waals surface area contributed by atoms with Crippen molar-refractivity contribution in [2.45, 2.75) is 25.0 Å². The van der Waals surface area contributed by atoms with E-state index in [9.17, 15) is 29.4 Å². The van der Waals surface area contributed by atoms with Gasteiger partial charge in [-0.2, -0.15) is 0 Å². The van der Waals surface area contributed by atoms with E-state index in [1.54, 1.807) is 0 Å². The minimum atomic E-state index is -1.90. The summed E-state index contributed by atoms with van der Waals surface area (Å²) in [6.07, 6.45) is -5.44. The Bertz CT molecular complexity index is 297. The van der Waals surface area contributed by atoms with Crippen molar-refractivity contribution in [2.24, 2.45) is 0 Å². The van der Waals surface area contributed by atoms with E-state index in [-0.39, 0.29) is 27.4 Å². The van der Waals surface area contributed by atoms with Crippen LogP contribution in [-0.4, -0.2) is 67.5 Å². The van der Waals surface area contributed by atoms with Gasteiger partial charge in [0, 0.05) is 0 Å². The van der Waals surface area contributed by atoms with Gasteiger partial charge in [-0.1, -0.05) is 0 Å². The maximum atomic E-state index is 9.66. The monoisotopic (exact) mass is 360 g/mol. The quantitative estimate of drug-likeness (QED) is 0.325. The van der Waals surface area contributed by atoms with E-state index >= 15 is 0 Å². The van der Waals surface area contributed by atoms with E-state index in [4.69, 9.17) is 20.4 Å². The molecule has 0 amide bonds. The average Bonchev–Trinajstić information content (AvgIpc) is 2.16. The summed E-state index contributed by atoms with van der Waals surface area (Å²) < 4.78 is 0.